The van der Waals surface area contributed by atoms with Gasteiger partial charge >= 0.3 is 0 Å². The normalized spacial score (nSPS) is 10.4. The number of hydrogen-bond acceptors (Lipinski definition) is 3. The van der Waals surface area contributed by atoms with Crippen LogP contribution >= 0.6 is 11.3 Å². The van der Waals surface area contributed by atoms with Crippen LogP contribution in [0.4, 0.5) is 0 Å². The molecule has 0 fully saturated rings. The average Bonchev–Trinajstić information content (AvgIpc) is 2.59. The molecule has 0 atom stereocenters. The van der Waals surface area contributed by atoms with Crippen molar-refractivity contribution in [3.63, 3.8) is 0 Å². The zero-order valence-electron chi connectivity index (χ0n) is 8.71. The summed E-state index contributed by atoms with van der Waals surface area (Å²) in [4.78, 5) is 12.5. The van der Waals surface area contributed by atoms with Crippen LogP contribution in [0.3, 0.4) is 0 Å². The summed E-state index contributed by atoms with van der Waals surface area (Å²) in [7, 11) is 0. The smallest absolute Gasteiger partial charge is 0.175 e. The van der Waals surface area contributed by atoms with Gasteiger partial charge in [-0.1, -0.05) is 6.92 Å². The van der Waals surface area contributed by atoms with Crippen molar-refractivity contribution < 1.29 is 9.53 Å². The Morgan fingerprint density at radius 3 is 2.86 bits per heavy atom. The minimum atomic E-state index is 0.202. The van der Waals surface area contributed by atoms with Crippen molar-refractivity contribution in [3.05, 3.63) is 21.9 Å². The third-order valence-electron chi connectivity index (χ3n) is 1.94. The van der Waals surface area contributed by atoms with E-state index in [4.69, 9.17) is 4.74 Å². The molecule has 0 radical (unpaired) electrons. The number of ketones is 1. The maximum absolute atomic E-state index is 11.6. The highest BCUT2D eigenvalue weighted by Crippen LogP contribution is 2.17. The average molecular weight is 212 g/mol. The van der Waals surface area contributed by atoms with Gasteiger partial charge < -0.3 is 4.74 Å². The molecule has 0 aliphatic carbocycles. The van der Waals surface area contributed by atoms with Crippen LogP contribution in [0.15, 0.2) is 11.4 Å². The lowest BCUT2D eigenvalue weighted by Gasteiger charge is -2.01. The van der Waals surface area contributed by atoms with Gasteiger partial charge in [0.05, 0.1) is 11.5 Å². The summed E-state index contributed by atoms with van der Waals surface area (Å²) in [6.45, 7) is 5.32. The first kappa shape index (κ1) is 11.4. The number of aryl methyl sites for hydroxylation is 1. The Bertz CT molecular complexity index is 291. The van der Waals surface area contributed by atoms with E-state index in [2.05, 4.69) is 6.92 Å². The Hall–Kier alpha value is -0.670. The van der Waals surface area contributed by atoms with Crippen molar-refractivity contribution in [2.45, 2.75) is 26.7 Å². The number of thiophene rings is 1. The Kier molecular flexibility index (Phi) is 4.84. The molecular weight excluding hydrogens is 196 g/mol. The van der Waals surface area contributed by atoms with Crippen LogP contribution in [0.5, 0.6) is 0 Å². The number of rotatable bonds is 6. The summed E-state index contributed by atoms with van der Waals surface area (Å²) < 4.78 is 5.28. The van der Waals surface area contributed by atoms with E-state index >= 15 is 0 Å². The van der Waals surface area contributed by atoms with E-state index < -0.39 is 0 Å². The number of Topliss-reactive ketones (excluding diaryl/α,β-unsaturated/α-hetero) is 1. The van der Waals surface area contributed by atoms with Crippen LogP contribution in [0.1, 0.15) is 35.0 Å². The minimum absolute atomic E-state index is 0.202. The molecule has 0 unspecified atom stereocenters. The highest BCUT2D eigenvalue weighted by Gasteiger charge is 2.09. The monoisotopic (exact) mass is 212 g/mol. The quantitative estimate of drug-likeness (QED) is 0.535. The Balaban J connectivity index is 2.32. The summed E-state index contributed by atoms with van der Waals surface area (Å²) in [6.07, 6.45) is 1.51. The zero-order chi connectivity index (χ0) is 10.4. The molecule has 0 spiro atoms. The predicted octanol–water partition coefficient (Wildman–Crippen LogP) is 3.06. The second kappa shape index (κ2) is 5.94. The number of hydrogen-bond donors (Lipinski definition) is 0. The molecule has 0 aliphatic heterocycles. The van der Waals surface area contributed by atoms with Gasteiger partial charge in [0, 0.05) is 13.0 Å². The van der Waals surface area contributed by atoms with E-state index in [0.717, 1.165) is 23.5 Å². The molecule has 14 heavy (non-hydrogen) atoms. The van der Waals surface area contributed by atoms with Crippen molar-refractivity contribution in [3.8, 4) is 0 Å². The molecule has 1 heterocycles. The van der Waals surface area contributed by atoms with Gasteiger partial charge in [-0.25, -0.2) is 0 Å². The zero-order valence-corrected chi connectivity index (χ0v) is 9.52. The van der Waals surface area contributed by atoms with Gasteiger partial charge in [0.25, 0.3) is 0 Å². The molecule has 0 bridgehead atoms. The lowest BCUT2D eigenvalue weighted by Crippen LogP contribution is -2.04. The van der Waals surface area contributed by atoms with Gasteiger partial charge in [-0.05, 0) is 30.4 Å². The van der Waals surface area contributed by atoms with Crippen molar-refractivity contribution >= 4 is 17.1 Å². The maximum Gasteiger partial charge on any atom is 0.175 e. The van der Waals surface area contributed by atoms with Gasteiger partial charge in [0.2, 0.25) is 0 Å². The Morgan fingerprint density at radius 1 is 1.50 bits per heavy atom. The van der Waals surface area contributed by atoms with E-state index in [0.29, 0.717) is 13.0 Å². The van der Waals surface area contributed by atoms with E-state index in [1.807, 2.05) is 18.4 Å². The first-order chi connectivity index (χ1) is 6.75. The van der Waals surface area contributed by atoms with Crippen molar-refractivity contribution in [1.29, 1.82) is 0 Å². The summed E-state index contributed by atoms with van der Waals surface area (Å²) in [5, 5.41) is 1.95. The third-order valence-corrected chi connectivity index (χ3v) is 2.99. The topological polar surface area (TPSA) is 26.3 Å². The second-order valence-corrected chi connectivity index (χ2v) is 4.13. The molecule has 1 rings (SSSR count). The molecular formula is C11H16O2S. The highest BCUT2D eigenvalue weighted by atomic mass is 32.1. The molecule has 2 nitrogen and oxygen atoms in total. The summed E-state index contributed by atoms with van der Waals surface area (Å²) in [5.41, 5.74) is 1.08. The third kappa shape index (κ3) is 3.24. The number of carbonyl (C=O) groups is 1. The van der Waals surface area contributed by atoms with E-state index in [-0.39, 0.29) is 5.78 Å². The molecule has 0 amide bonds. The lowest BCUT2D eigenvalue weighted by molar-refractivity contribution is 0.0882. The van der Waals surface area contributed by atoms with Gasteiger partial charge in [0.1, 0.15) is 0 Å². The second-order valence-electron chi connectivity index (χ2n) is 3.22. The molecule has 0 aliphatic rings. The predicted molar refractivity (Wildman–Crippen MR) is 59.1 cm³/mol. The van der Waals surface area contributed by atoms with Crippen LogP contribution in [0.2, 0.25) is 0 Å². The van der Waals surface area contributed by atoms with Crippen LogP contribution in [-0.2, 0) is 4.74 Å². The Morgan fingerprint density at radius 2 is 2.29 bits per heavy atom. The SMILES string of the molecule is CCCOCCC(=O)c1sccc1C. The van der Waals surface area contributed by atoms with Gasteiger partial charge in [-0.15, -0.1) is 11.3 Å². The largest absolute Gasteiger partial charge is 0.381 e. The number of ether oxygens (including phenoxy) is 1. The van der Waals surface area contributed by atoms with Gasteiger partial charge in [0.15, 0.2) is 5.78 Å². The maximum atomic E-state index is 11.6. The lowest BCUT2D eigenvalue weighted by atomic mass is 10.2. The first-order valence-corrected chi connectivity index (χ1v) is 5.78. The highest BCUT2D eigenvalue weighted by molar-refractivity contribution is 7.12. The molecule has 0 saturated heterocycles. The molecule has 0 saturated carbocycles. The van der Waals surface area contributed by atoms with Crippen LogP contribution < -0.4 is 0 Å². The molecule has 0 N–H and O–H groups in total. The molecule has 0 aromatic carbocycles. The van der Waals surface area contributed by atoms with Crippen molar-refractivity contribution in [1.82, 2.24) is 0 Å². The standard InChI is InChI=1S/C11H16O2S/c1-3-6-13-7-4-10(12)11-9(2)5-8-14-11/h5,8H,3-4,6-7H2,1-2H3. The first-order valence-electron chi connectivity index (χ1n) is 4.90. The fourth-order valence-electron chi connectivity index (χ4n) is 1.18. The van der Waals surface area contributed by atoms with E-state index in [1.54, 1.807) is 0 Å². The fourth-order valence-corrected chi connectivity index (χ4v) is 2.08. The van der Waals surface area contributed by atoms with Gasteiger partial charge in [-0.2, -0.15) is 0 Å². The minimum Gasteiger partial charge on any atom is -0.381 e. The summed E-state index contributed by atoms with van der Waals surface area (Å²) >= 11 is 1.52. The van der Waals surface area contributed by atoms with Crippen molar-refractivity contribution in [2.75, 3.05) is 13.2 Å². The Labute approximate surface area is 88.9 Å². The van der Waals surface area contributed by atoms with E-state index in [9.17, 15) is 4.79 Å². The number of carbonyl (C=O) groups excluding carboxylic acids is 1. The van der Waals surface area contributed by atoms with Crippen LogP contribution in [-0.4, -0.2) is 19.0 Å². The van der Waals surface area contributed by atoms with Crippen LogP contribution in [0.25, 0.3) is 0 Å². The summed E-state index contributed by atoms with van der Waals surface area (Å²) in [5.74, 6) is 0.202. The summed E-state index contributed by atoms with van der Waals surface area (Å²) in [6, 6.07) is 1.98. The molecule has 1 aromatic rings. The van der Waals surface area contributed by atoms with Crippen LogP contribution in [0, 0.1) is 6.92 Å². The van der Waals surface area contributed by atoms with E-state index in [1.165, 1.54) is 11.3 Å². The molecule has 1 aromatic heterocycles. The molecule has 78 valence electrons. The van der Waals surface area contributed by atoms with Crippen molar-refractivity contribution in [2.24, 2.45) is 0 Å². The fraction of sp³-hybridized carbons (Fsp3) is 0.545. The molecule has 3 heteroatoms. The van der Waals surface area contributed by atoms with Gasteiger partial charge in [-0.3, -0.25) is 4.79 Å².